The highest BCUT2D eigenvalue weighted by Gasteiger charge is 2.23. The Morgan fingerprint density at radius 2 is 1.80 bits per heavy atom. The standard InChI is InChI=1S/C25H28N2O2S/c1-19-6-5-9-23(14-19)29-17-21-15-24(30-18-21)25(28)27-12-10-26(11-13-27)16-22-8-4-3-7-20(22)2/h3-9,14-15,18H,10-13,16-17H2,1-2H3. The number of benzene rings is 2. The predicted molar refractivity (Wildman–Crippen MR) is 122 cm³/mol. The first kappa shape index (κ1) is 20.6. The molecule has 0 spiro atoms. The quantitative estimate of drug-likeness (QED) is 0.568. The van der Waals surface area contributed by atoms with Crippen LogP contribution in [-0.2, 0) is 13.2 Å². The van der Waals surface area contributed by atoms with Gasteiger partial charge in [-0.05, 0) is 54.1 Å². The summed E-state index contributed by atoms with van der Waals surface area (Å²) < 4.78 is 5.87. The summed E-state index contributed by atoms with van der Waals surface area (Å²) in [7, 11) is 0. The lowest BCUT2D eigenvalue weighted by Gasteiger charge is -2.34. The van der Waals surface area contributed by atoms with Crippen molar-refractivity contribution in [3.63, 3.8) is 0 Å². The molecule has 5 heteroatoms. The molecule has 1 aromatic heterocycles. The highest BCUT2D eigenvalue weighted by molar-refractivity contribution is 7.12. The van der Waals surface area contributed by atoms with Crippen molar-refractivity contribution in [2.24, 2.45) is 0 Å². The van der Waals surface area contributed by atoms with E-state index in [0.29, 0.717) is 6.61 Å². The van der Waals surface area contributed by atoms with Gasteiger partial charge in [-0.15, -0.1) is 11.3 Å². The summed E-state index contributed by atoms with van der Waals surface area (Å²) in [6.07, 6.45) is 0. The molecule has 0 unspecified atom stereocenters. The van der Waals surface area contributed by atoms with E-state index in [2.05, 4.69) is 49.1 Å². The maximum atomic E-state index is 12.9. The molecule has 2 aromatic carbocycles. The summed E-state index contributed by atoms with van der Waals surface area (Å²) in [4.78, 5) is 18.1. The Morgan fingerprint density at radius 1 is 1.00 bits per heavy atom. The lowest BCUT2D eigenvalue weighted by molar-refractivity contribution is 0.0633. The molecule has 1 saturated heterocycles. The molecule has 1 amide bonds. The first-order valence-electron chi connectivity index (χ1n) is 10.4. The second-order valence-corrected chi connectivity index (χ2v) is 8.83. The first-order valence-corrected chi connectivity index (χ1v) is 11.3. The van der Waals surface area contributed by atoms with E-state index < -0.39 is 0 Å². The van der Waals surface area contributed by atoms with Crippen molar-refractivity contribution in [3.8, 4) is 5.75 Å². The summed E-state index contributed by atoms with van der Waals surface area (Å²) in [5, 5.41) is 2.03. The van der Waals surface area contributed by atoms with Crippen molar-refractivity contribution in [2.75, 3.05) is 26.2 Å². The highest BCUT2D eigenvalue weighted by Crippen LogP contribution is 2.21. The van der Waals surface area contributed by atoms with Gasteiger partial charge in [0.15, 0.2) is 0 Å². The van der Waals surface area contributed by atoms with E-state index in [1.54, 1.807) is 0 Å². The molecular formula is C25H28N2O2S. The smallest absolute Gasteiger partial charge is 0.264 e. The summed E-state index contributed by atoms with van der Waals surface area (Å²) in [5.41, 5.74) is 4.92. The summed E-state index contributed by atoms with van der Waals surface area (Å²) in [6.45, 7) is 9.02. The third kappa shape index (κ3) is 5.10. The molecule has 1 fully saturated rings. The van der Waals surface area contributed by atoms with Crippen LogP contribution in [0.25, 0.3) is 0 Å². The van der Waals surface area contributed by atoms with Gasteiger partial charge in [-0.1, -0.05) is 36.4 Å². The van der Waals surface area contributed by atoms with Crippen molar-refractivity contribution in [2.45, 2.75) is 27.0 Å². The van der Waals surface area contributed by atoms with E-state index in [9.17, 15) is 4.79 Å². The Balaban J connectivity index is 1.29. The Bertz CT molecular complexity index is 1010. The fourth-order valence-corrected chi connectivity index (χ4v) is 4.59. The van der Waals surface area contributed by atoms with Gasteiger partial charge in [0.05, 0.1) is 4.88 Å². The Labute approximate surface area is 182 Å². The molecule has 0 saturated carbocycles. The number of carbonyl (C=O) groups excluding carboxylic acids is 1. The number of hydrogen-bond acceptors (Lipinski definition) is 4. The molecule has 30 heavy (non-hydrogen) atoms. The molecule has 156 valence electrons. The molecule has 4 nitrogen and oxygen atoms in total. The molecule has 1 aliphatic heterocycles. The van der Waals surface area contributed by atoms with Gasteiger partial charge in [-0.3, -0.25) is 9.69 Å². The van der Waals surface area contributed by atoms with Crippen LogP contribution in [0.4, 0.5) is 0 Å². The predicted octanol–water partition coefficient (Wildman–Crippen LogP) is 4.90. The van der Waals surface area contributed by atoms with Crippen LogP contribution >= 0.6 is 11.3 Å². The average molecular weight is 421 g/mol. The lowest BCUT2D eigenvalue weighted by atomic mass is 10.1. The van der Waals surface area contributed by atoms with Gasteiger partial charge in [0, 0.05) is 38.3 Å². The van der Waals surface area contributed by atoms with E-state index in [0.717, 1.165) is 48.9 Å². The normalized spacial score (nSPS) is 14.7. The minimum atomic E-state index is 0.136. The fraction of sp³-hybridized carbons (Fsp3) is 0.320. The molecule has 0 bridgehead atoms. The van der Waals surface area contributed by atoms with Crippen LogP contribution in [0.1, 0.15) is 31.9 Å². The van der Waals surface area contributed by atoms with Crippen LogP contribution in [0, 0.1) is 13.8 Å². The number of carbonyl (C=O) groups is 1. The largest absolute Gasteiger partial charge is 0.489 e. The zero-order valence-electron chi connectivity index (χ0n) is 17.6. The van der Waals surface area contributed by atoms with E-state index in [1.807, 2.05) is 34.5 Å². The summed E-state index contributed by atoms with van der Waals surface area (Å²) >= 11 is 1.51. The molecular weight excluding hydrogens is 392 g/mol. The number of nitrogens with zero attached hydrogens (tertiary/aromatic N) is 2. The maximum Gasteiger partial charge on any atom is 0.264 e. The van der Waals surface area contributed by atoms with Gasteiger partial charge >= 0.3 is 0 Å². The number of piperazine rings is 1. The van der Waals surface area contributed by atoms with E-state index in [-0.39, 0.29) is 5.91 Å². The molecule has 0 N–H and O–H groups in total. The molecule has 2 heterocycles. The lowest BCUT2D eigenvalue weighted by Crippen LogP contribution is -2.48. The van der Waals surface area contributed by atoms with Crippen molar-refractivity contribution in [1.29, 1.82) is 0 Å². The second kappa shape index (κ2) is 9.45. The van der Waals surface area contributed by atoms with Gasteiger partial charge in [-0.25, -0.2) is 0 Å². The highest BCUT2D eigenvalue weighted by atomic mass is 32.1. The van der Waals surface area contributed by atoms with Crippen molar-refractivity contribution < 1.29 is 9.53 Å². The first-order chi connectivity index (χ1) is 14.6. The minimum absolute atomic E-state index is 0.136. The van der Waals surface area contributed by atoms with Crippen LogP contribution in [0.15, 0.2) is 60.0 Å². The molecule has 0 aliphatic carbocycles. The Morgan fingerprint density at radius 3 is 2.57 bits per heavy atom. The van der Waals surface area contributed by atoms with Crippen LogP contribution in [0.3, 0.4) is 0 Å². The molecule has 3 aromatic rings. The number of hydrogen-bond donors (Lipinski definition) is 0. The van der Waals surface area contributed by atoms with Crippen molar-refractivity contribution in [1.82, 2.24) is 9.80 Å². The van der Waals surface area contributed by atoms with Gasteiger partial charge < -0.3 is 9.64 Å². The third-order valence-corrected chi connectivity index (χ3v) is 6.54. The Hall–Kier alpha value is -2.63. The number of amides is 1. The molecule has 0 radical (unpaired) electrons. The minimum Gasteiger partial charge on any atom is -0.489 e. The van der Waals surface area contributed by atoms with Crippen molar-refractivity contribution in [3.05, 3.63) is 87.1 Å². The molecule has 0 atom stereocenters. The summed E-state index contributed by atoms with van der Waals surface area (Å²) in [6, 6.07) is 18.5. The van der Waals surface area contributed by atoms with Crippen molar-refractivity contribution >= 4 is 17.2 Å². The van der Waals surface area contributed by atoms with E-state index in [1.165, 1.54) is 28.0 Å². The number of ether oxygens (including phenoxy) is 1. The third-order valence-electron chi connectivity index (χ3n) is 5.57. The van der Waals surface area contributed by atoms with Gasteiger partial charge in [-0.2, -0.15) is 0 Å². The zero-order chi connectivity index (χ0) is 20.9. The maximum absolute atomic E-state index is 12.9. The van der Waals surface area contributed by atoms with Gasteiger partial charge in [0.1, 0.15) is 12.4 Å². The van der Waals surface area contributed by atoms with Gasteiger partial charge in [0.2, 0.25) is 0 Å². The van der Waals surface area contributed by atoms with Crippen LogP contribution in [0.2, 0.25) is 0 Å². The van der Waals surface area contributed by atoms with Crippen LogP contribution in [0.5, 0.6) is 5.75 Å². The van der Waals surface area contributed by atoms with E-state index >= 15 is 0 Å². The number of aryl methyl sites for hydroxylation is 2. The SMILES string of the molecule is Cc1cccc(OCc2csc(C(=O)N3CCN(Cc4ccccc4C)CC3)c2)c1. The number of thiophene rings is 1. The zero-order valence-corrected chi connectivity index (χ0v) is 18.5. The molecule has 1 aliphatic rings. The van der Waals surface area contributed by atoms with Crippen LogP contribution < -0.4 is 4.74 Å². The average Bonchev–Trinajstić information content (AvgIpc) is 3.23. The topological polar surface area (TPSA) is 32.8 Å². The summed E-state index contributed by atoms with van der Waals surface area (Å²) in [5.74, 6) is 0.996. The van der Waals surface area contributed by atoms with Crippen LogP contribution in [-0.4, -0.2) is 41.9 Å². The Kier molecular flexibility index (Phi) is 6.50. The molecule has 4 rings (SSSR count). The number of rotatable bonds is 6. The monoisotopic (exact) mass is 420 g/mol. The van der Waals surface area contributed by atoms with Gasteiger partial charge in [0.25, 0.3) is 5.91 Å². The fourth-order valence-electron chi connectivity index (χ4n) is 3.73. The second-order valence-electron chi connectivity index (χ2n) is 7.92. The van der Waals surface area contributed by atoms with E-state index in [4.69, 9.17) is 4.74 Å².